The molecule has 0 bridgehead atoms. The van der Waals surface area contributed by atoms with Crippen LogP contribution >= 0.6 is 0 Å². The zero-order valence-corrected chi connectivity index (χ0v) is 19.0. The number of likely N-dealkylation sites (tertiary alicyclic amines) is 1. The molecule has 9 nitrogen and oxygen atoms in total. The van der Waals surface area contributed by atoms with E-state index in [0.717, 1.165) is 6.54 Å². The van der Waals surface area contributed by atoms with Crippen LogP contribution in [0, 0.1) is 5.82 Å². The first kappa shape index (κ1) is 22.4. The summed E-state index contributed by atoms with van der Waals surface area (Å²) in [7, 11) is 3.30. The van der Waals surface area contributed by atoms with Gasteiger partial charge >= 0.3 is 0 Å². The van der Waals surface area contributed by atoms with E-state index >= 15 is 4.39 Å². The maximum Gasteiger partial charge on any atom is 0.244 e. The molecule has 180 valence electrons. The number of benzene rings is 1. The van der Waals surface area contributed by atoms with Gasteiger partial charge in [-0.25, -0.2) is 22.4 Å². The van der Waals surface area contributed by atoms with Crippen molar-refractivity contribution in [1.29, 1.82) is 0 Å². The van der Waals surface area contributed by atoms with E-state index in [4.69, 9.17) is 4.74 Å². The molecular formula is C22H25F3N8O. The van der Waals surface area contributed by atoms with E-state index in [2.05, 4.69) is 25.7 Å². The molecule has 1 aromatic carbocycles. The van der Waals surface area contributed by atoms with E-state index in [9.17, 15) is 8.78 Å². The number of ether oxygens (including phenoxy) is 1. The average molecular weight is 474 g/mol. The van der Waals surface area contributed by atoms with Gasteiger partial charge in [0, 0.05) is 13.1 Å². The largest absolute Gasteiger partial charge is 0.479 e. The van der Waals surface area contributed by atoms with Gasteiger partial charge in [-0.05, 0) is 38.1 Å². The zero-order chi connectivity index (χ0) is 24.0. The van der Waals surface area contributed by atoms with Gasteiger partial charge in [-0.15, -0.1) is 10.2 Å². The highest BCUT2D eigenvalue weighted by molar-refractivity contribution is 5.89. The zero-order valence-electron chi connectivity index (χ0n) is 19.0. The summed E-state index contributed by atoms with van der Waals surface area (Å²) < 4.78 is 51.3. The Balaban J connectivity index is 1.57. The van der Waals surface area contributed by atoms with Crippen molar-refractivity contribution >= 4 is 22.5 Å². The molecule has 0 spiro atoms. The Morgan fingerprint density at radius 2 is 2.15 bits per heavy atom. The number of hydrogen-bond donors (Lipinski definition) is 1. The molecule has 1 N–H and O–H groups in total. The van der Waals surface area contributed by atoms with Crippen LogP contribution < -0.4 is 10.1 Å². The Bertz CT molecular complexity index is 1340. The van der Waals surface area contributed by atoms with Crippen molar-refractivity contribution in [2.45, 2.75) is 31.6 Å². The van der Waals surface area contributed by atoms with E-state index < -0.39 is 30.7 Å². The SMILES string of the molecule is COc1nc(N[C@H]2CCN(C)C[C@H]2F)nn2cc(F)c(-c3ccc4nnn([C@@H](C)CF)c4c3)c12. The second-order valence-corrected chi connectivity index (χ2v) is 8.65. The summed E-state index contributed by atoms with van der Waals surface area (Å²) in [4.78, 5) is 6.31. The number of piperidine rings is 1. The van der Waals surface area contributed by atoms with Gasteiger partial charge in [0.2, 0.25) is 11.8 Å². The van der Waals surface area contributed by atoms with Crippen LogP contribution in [-0.2, 0) is 0 Å². The highest BCUT2D eigenvalue weighted by Gasteiger charge is 2.29. The predicted molar refractivity (Wildman–Crippen MR) is 121 cm³/mol. The first-order valence-electron chi connectivity index (χ1n) is 11.0. The first-order valence-corrected chi connectivity index (χ1v) is 11.0. The van der Waals surface area contributed by atoms with Crippen LogP contribution in [-0.4, -0.2) is 80.6 Å². The normalized spacial score (nSPS) is 20.2. The van der Waals surface area contributed by atoms with Crippen LogP contribution in [0.15, 0.2) is 24.4 Å². The molecule has 0 radical (unpaired) electrons. The summed E-state index contributed by atoms with van der Waals surface area (Å²) in [5.41, 5.74) is 2.22. The molecule has 3 aromatic heterocycles. The number of nitrogens with one attached hydrogen (secondary N) is 1. The summed E-state index contributed by atoms with van der Waals surface area (Å²) in [6, 6.07) is 4.15. The smallest absolute Gasteiger partial charge is 0.244 e. The number of rotatable bonds is 6. The summed E-state index contributed by atoms with van der Waals surface area (Å²) in [5.74, 6) is -0.245. The maximum atomic E-state index is 15.2. The van der Waals surface area contributed by atoms with Crippen LogP contribution in [0.25, 0.3) is 27.7 Å². The van der Waals surface area contributed by atoms with E-state index in [-0.39, 0.29) is 17.4 Å². The van der Waals surface area contributed by atoms with Gasteiger partial charge in [-0.1, -0.05) is 11.3 Å². The fraction of sp³-hybridized carbons (Fsp3) is 0.455. The third-order valence-corrected chi connectivity index (χ3v) is 6.21. The van der Waals surface area contributed by atoms with Gasteiger partial charge in [0.05, 0.1) is 36.5 Å². The fourth-order valence-corrected chi connectivity index (χ4v) is 4.37. The Morgan fingerprint density at radius 1 is 1.32 bits per heavy atom. The number of alkyl halides is 2. The van der Waals surface area contributed by atoms with E-state index in [1.54, 1.807) is 25.1 Å². The van der Waals surface area contributed by atoms with Crippen molar-refractivity contribution in [2.24, 2.45) is 0 Å². The second-order valence-electron chi connectivity index (χ2n) is 8.65. The van der Waals surface area contributed by atoms with Crippen molar-refractivity contribution in [3.63, 3.8) is 0 Å². The lowest BCUT2D eigenvalue weighted by Gasteiger charge is -2.32. The van der Waals surface area contributed by atoms with Gasteiger partial charge in [0.25, 0.3) is 0 Å². The summed E-state index contributed by atoms with van der Waals surface area (Å²) in [5, 5.41) is 15.5. The van der Waals surface area contributed by atoms with Crippen molar-refractivity contribution in [2.75, 3.05) is 39.2 Å². The number of fused-ring (bicyclic) bond motifs is 2. The van der Waals surface area contributed by atoms with Gasteiger partial charge in [0.15, 0.2) is 5.82 Å². The minimum Gasteiger partial charge on any atom is -0.479 e. The summed E-state index contributed by atoms with van der Waals surface area (Å²) >= 11 is 0. The summed E-state index contributed by atoms with van der Waals surface area (Å²) in [6.07, 6.45) is 0.731. The number of nitrogens with zero attached hydrogens (tertiary/aromatic N) is 7. The Kier molecular flexibility index (Phi) is 5.76. The molecule has 0 unspecified atom stereocenters. The van der Waals surface area contributed by atoms with Gasteiger partial charge < -0.3 is 15.0 Å². The summed E-state index contributed by atoms with van der Waals surface area (Å²) in [6.45, 7) is 2.14. The molecular weight excluding hydrogens is 449 g/mol. The van der Waals surface area contributed by atoms with Gasteiger partial charge in [-0.3, -0.25) is 0 Å². The Hall–Kier alpha value is -3.41. The minimum atomic E-state index is -1.09. The molecule has 1 aliphatic rings. The number of methoxy groups -OCH3 is 1. The molecule has 1 aliphatic heterocycles. The molecule has 12 heteroatoms. The van der Waals surface area contributed by atoms with Crippen molar-refractivity contribution in [3.05, 3.63) is 30.2 Å². The molecule has 0 saturated carbocycles. The molecule has 0 aliphatic carbocycles. The highest BCUT2D eigenvalue weighted by atomic mass is 19.1. The maximum absolute atomic E-state index is 15.2. The Morgan fingerprint density at radius 3 is 2.88 bits per heavy atom. The van der Waals surface area contributed by atoms with E-state index in [1.165, 1.54) is 22.5 Å². The second kappa shape index (κ2) is 8.75. The van der Waals surface area contributed by atoms with Crippen molar-refractivity contribution in [3.8, 4) is 17.0 Å². The molecule has 34 heavy (non-hydrogen) atoms. The molecule has 1 saturated heterocycles. The van der Waals surface area contributed by atoms with Crippen molar-refractivity contribution < 1.29 is 17.9 Å². The van der Waals surface area contributed by atoms with Crippen LogP contribution in [0.2, 0.25) is 0 Å². The molecule has 3 atom stereocenters. The molecule has 0 amide bonds. The highest BCUT2D eigenvalue weighted by Crippen LogP contribution is 2.35. The predicted octanol–water partition coefficient (Wildman–Crippen LogP) is 3.27. The molecule has 4 aromatic rings. The van der Waals surface area contributed by atoms with Crippen molar-refractivity contribution in [1.82, 2.24) is 34.5 Å². The molecule has 1 fully saturated rings. The number of anilines is 1. The number of halogens is 3. The van der Waals surface area contributed by atoms with Gasteiger partial charge in [0.1, 0.15) is 23.9 Å². The van der Waals surface area contributed by atoms with Crippen LogP contribution in [0.4, 0.5) is 19.1 Å². The Labute approximate surface area is 193 Å². The first-order chi connectivity index (χ1) is 16.4. The fourth-order valence-electron chi connectivity index (χ4n) is 4.37. The number of aromatic nitrogens is 6. The third-order valence-electron chi connectivity index (χ3n) is 6.21. The van der Waals surface area contributed by atoms with Crippen LogP contribution in [0.5, 0.6) is 5.88 Å². The molecule has 4 heterocycles. The lowest BCUT2D eigenvalue weighted by molar-refractivity contribution is 0.149. The molecule has 5 rings (SSSR count). The lowest BCUT2D eigenvalue weighted by atomic mass is 10.0. The van der Waals surface area contributed by atoms with Gasteiger partial charge in [-0.2, -0.15) is 4.98 Å². The third kappa shape index (κ3) is 3.81. The van der Waals surface area contributed by atoms with Crippen LogP contribution in [0.3, 0.4) is 0 Å². The van der Waals surface area contributed by atoms with Crippen LogP contribution in [0.1, 0.15) is 19.4 Å². The quantitative estimate of drug-likeness (QED) is 0.459. The van der Waals surface area contributed by atoms with E-state index in [1.807, 2.05) is 11.9 Å². The standard InChI is InChI=1S/C22H25F3N8O/c1-12(9-23)33-18-8-13(4-5-17(18)28-30-33)19-15(25)11-32-20(19)21(34-3)27-22(29-32)26-16-6-7-31(2)10-14(16)24/h4-5,8,11-12,14,16H,6-7,9-10H2,1-3H3,(H,26,29)/t12-,14+,16-/m0/s1. The van der Waals surface area contributed by atoms with E-state index in [0.29, 0.717) is 35.1 Å². The minimum absolute atomic E-state index is 0.142. The lowest BCUT2D eigenvalue weighted by Crippen LogP contribution is -2.46. The monoisotopic (exact) mass is 474 g/mol. The average Bonchev–Trinajstić information content (AvgIpc) is 3.39. The topological polar surface area (TPSA) is 85.4 Å². The number of hydrogen-bond acceptors (Lipinski definition) is 7.